The molecule has 0 amide bonds. The van der Waals surface area contributed by atoms with E-state index in [-0.39, 0.29) is 18.7 Å². The number of carbonyl (C=O) groups is 1. The molecule has 3 aromatic heterocycles. The maximum atomic E-state index is 13.7. The van der Waals surface area contributed by atoms with Gasteiger partial charge < -0.3 is 31.6 Å². The van der Waals surface area contributed by atoms with Gasteiger partial charge in [-0.1, -0.05) is 12.1 Å². The number of aliphatic hydroxyl groups is 2. The number of nitrogens with zero attached hydrogens (tertiary/aromatic N) is 4. The third-order valence-electron chi connectivity index (χ3n) is 7.28. The largest absolute Gasteiger partial charge is 0.389 e. The number of pyridine rings is 1. The first kappa shape index (κ1) is 21.4. The Bertz CT molecular complexity index is 1470. The van der Waals surface area contributed by atoms with Crippen LogP contribution < -0.4 is 16.8 Å². The van der Waals surface area contributed by atoms with Crippen LogP contribution in [0.3, 0.4) is 0 Å². The van der Waals surface area contributed by atoms with E-state index < -0.39 is 29.7 Å². The summed E-state index contributed by atoms with van der Waals surface area (Å²) in [5, 5.41) is 26.9. The van der Waals surface area contributed by atoms with Crippen molar-refractivity contribution >= 4 is 55.3 Å². The molecule has 5 atom stereocenters. The maximum Gasteiger partial charge on any atom is 0.164 e. The molecule has 0 unspecified atom stereocenters. The third kappa shape index (κ3) is 2.91. The number of benzene rings is 1. The van der Waals surface area contributed by atoms with Gasteiger partial charge in [0.25, 0.3) is 0 Å². The van der Waals surface area contributed by atoms with Crippen molar-refractivity contribution in [3.63, 3.8) is 0 Å². The zero-order valence-corrected chi connectivity index (χ0v) is 19.5. The Labute approximate surface area is 202 Å². The number of carbonyl (C=O) groups excluding carboxylic acids is 1. The van der Waals surface area contributed by atoms with Gasteiger partial charge in [0.05, 0.1) is 39.0 Å². The van der Waals surface area contributed by atoms with Crippen molar-refractivity contribution in [2.75, 3.05) is 18.0 Å². The van der Waals surface area contributed by atoms with Crippen LogP contribution in [0.15, 0.2) is 47.3 Å². The molecule has 6 rings (SSSR count). The van der Waals surface area contributed by atoms with Gasteiger partial charge in [0, 0.05) is 18.1 Å². The lowest BCUT2D eigenvalue weighted by atomic mass is 9.79. The molecule has 34 heavy (non-hydrogen) atoms. The number of aliphatic hydroxyl groups excluding tert-OH is 2. The molecule has 2 aliphatic rings. The highest BCUT2D eigenvalue weighted by atomic mass is 79.9. The number of rotatable bonds is 2. The fourth-order valence-electron chi connectivity index (χ4n) is 5.47. The number of nitrogens with two attached hydrogens (primary N) is 2. The average molecular weight is 524 g/mol. The van der Waals surface area contributed by atoms with Crippen LogP contribution in [0.1, 0.15) is 24.1 Å². The molecule has 1 saturated carbocycles. The topological polar surface area (TPSA) is 165 Å². The van der Waals surface area contributed by atoms with Crippen LogP contribution in [0.5, 0.6) is 0 Å². The zero-order chi connectivity index (χ0) is 23.8. The lowest BCUT2D eigenvalue weighted by molar-refractivity contribution is -0.132. The number of hydrogen-bond donors (Lipinski definition) is 5. The molecule has 1 aromatic carbocycles. The number of aromatic nitrogens is 4. The van der Waals surface area contributed by atoms with Gasteiger partial charge in [-0.05, 0) is 46.1 Å². The molecule has 0 bridgehead atoms. The van der Waals surface area contributed by atoms with Crippen molar-refractivity contribution < 1.29 is 15.0 Å². The number of nitrogens with one attached hydrogen (secondary N) is 1. The van der Waals surface area contributed by atoms with Gasteiger partial charge in [0.15, 0.2) is 5.78 Å². The molecule has 4 heterocycles. The van der Waals surface area contributed by atoms with Crippen LogP contribution in [-0.2, 0) is 4.79 Å². The Kier molecular flexibility index (Phi) is 4.69. The van der Waals surface area contributed by atoms with E-state index in [0.29, 0.717) is 32.7 Å². The Hall–Kier alpha value is -3.12. The van der Waals surface area contributed by atoms with Gasteiger partial charge in [0.1, 0.15) is 29.7 Å². The molecule has 7 N–H and O–H groups in total. The van der Waals surface area contributed by atoms with E-state index in [1.54, 1.807) is 16.8 Å². The second-order valence-electron chi connectivity index (χ2n) is 9.07. The van der Waals surface area contributed by atoms with Crippen molar-refractivity contribution in [1.82, 2.24) is 24.8 Å². The van der Waals surface area contributed by atoms with E-state index in [0.717, 1.165) is 10.9 Å². The van der Waals surface area contributed by atoms with E-state index >= 15 is 0 Å². The van der Waals surface area contributed by atoms with Crippen LogP contribution in [-0.4, -0.2) is 54.3 Å². The average Bonchev–Trinajstić information content (AvgIpc) is 3.46. The first-order valence-corrected chi connectivity index (χ1v) is 11.7. The summed E-state index contributed by atoms with van der Waals surface area (Å²) in [5.74, 6) is 0.548. The maximum absolute atomic E-state index is 13.7. The Balaban J connectivity index is 1.35. The Morgan fingerprint density at radius 1 is 1.15 bits per heavy atom. The molecule has 1 aliphatic carbocycles. The molecule has 1 aliphatic heterocycles. The van der Waals surface area contributed by atoms with Crippen molar-refractivity contribution in [2.24, 2.45) is 5.41 Å². The van der Waals surface area contributed by atoms with Crippen LogP contribution in [0.2, 0.25) is 0 Å². The summed E-state index contributed by atoms with van der Waals surface area (Å²) >= 11 is 3.38. The lowest BCUT2D eigenvalue weighted by Gasteiger charge is -2.25. The second-order valence-corrected chi connectivity index (χ2v) is 9.92. The number of ketones is 1. The minimum Gasteiger partial charge on any atom is -0.389 e. The van der Waals surface area contributed by atoms with Gasteiger partial charge >= 0.3 is 0 Å². The molecule has 10 nitrogen and oxygen atoms in total. The normalized spacial score (nSPS) is 29.1. The Morgan fingerprint density at radius 3 is 2.79 bits per heavy atom. The summed E-state index contributed by atoms with van der Waals surface area (Å²) in [6, 6.07) is 8.08. The van der Waals surface area contributed by atoms with Gasteiger partial charge in [0.2, 0.25) is 0 Å². The highest BCUT2D eigenvalue weighted by molar-refractivity contribution is 9.10. The van der Waals surface area contributed by atoms with Crippen molar-refractivity contribution in [2.45, 2.75) is 30.7 Å². The fraction of sp³-hybridized carbons (Fsp3) is 0.304. The predicted molar refractivity (Wildman–Crippen MR) is 130 cm³/mol. The monoisotopic (exact) mass is 523 g/mol. The molecule has 1 spiro atoms. The van der Waals surface area contributed by atoms with Crippen LogP contribution in [0, 0.1) is 5.41 Å². The van der Waals surface area contributed by atoms with Gasteiger partial charge in [-0.25, -0.2) is 15.0 Å². The van der Waals surface area contributed by atoms with Crippen molar-refractivity contribution in [3.05, 3.63) is 52.9 Å². The summed E-state index contributed by atoms with van der Waals surface area (Å²) in [6.45, 7) is 0.246. The molecular weight excluding hydrogens is 502 g/mol. The van der Waals surface area contributed by atoms with Crippen LogP contribution in [0.4, 0.5) is 11.6 Å². The predicted octanol–water partition coefficient (Wildman–Crippen LogP) is 1.47. The number of Topliss-reactive ketones (excluding diaryl/α,β-unsaturated/α-hetero) is 1. The molecule has 0 radical (unpaired) electrons. The van der Waals surface area contributed by atoms with E-state index in [1.165, 1.54) is 6.33 Å². The number of halogens is 1. The molecule has 174 valence electrons. The molecule has 11 heteroatoms. The highest BCUT2D eigenvalue weighted by Crippen LogP contribution is 2.50. The third-order valence-corrected chi connectivity index (χ3v) is 7.92. The first-order chi connectivity index (χ1) is 16.3. The second kappa shape index (κ2) is 7.44. The minimum absolute atomic E-state index is 0.156. The number of fused-ring (bicyclic) bond motifs is 2. The standard InChI is InChI=1S/C23H22BrN7O3/c24-13-5-10-1-2-11(6-14(10)30-21(13)26)16-18(33)23(8-27-16)7-15(17(32)19(23)34)31-4-3-12-20(25)28-9-29-22(12)31/h1-6,9,15-17,19,27,32,34H,7-8H2,(H2,26,30)(H2,25,28,29)/t15-,16-,17+,19+,23+/m1/s1. The van der Waals surface area contributed by atoms with Crippen molar-refractivity contribution in [1.29, 1.82) is 0 Å². The van der Waals surface area contributed by atoms with Crippen molar-refractivity contribution in [3.8, 4) is 0 Å². The zero-order valence-electron chi connectivity index (χ0n) is 17.9. The molecular formula is C23H22BrN7O3. The smallest absolute Gasteiger partial charge is 0.164 e. The summed E-state index contributed by atoms with van der Waals surface area (Å²) in [7, 11) is 0. The van der Waals surface area contributed by atoms with Gasteiger partial charge in [-0.15, -0.1) is 0 Å². The lowest BCUT2D eigenvalue weighted by Crippen LogP contribution is -2.42. The molecule has 2 fully saturated rings. The minimum atomic E-state index is -1.23. The highest BCUT2D eigenvalue weighted by Gasteiger charge is 2.61. The van der Waals surface area contributed by atoms with Crippen LogP contribution >= 0.6 is 15.9 Å². The summed E-state index contributed by atoms with van der Waals surface area (Å²) in [6.07, 6.45) is 1.00. The first-order valence-electron chi connectivity index (χ1n) is 10.9. The molecule has 4 aromatic rings. The number of nitrogen functional groups attached to an aromatic ring is 2. The summed E-state index contributed by atoms with van der Waals surface area (Å²) in [4.78, 5) is 26.4. The fourth-order valence-corrected chi connectivity index (χ4v) is 5.80. The summed E-state index contributed by atoms with van der Waals surface area (Å²) in [5.41, 5.74) is 12.7. The number of anilines is 2. The number of hydrogen-bond acceptors (Lipinski definition) is 9. The summed E-state index contributed by atoms with van der Waals surface area (Å²) < 4.78 is 2.48. The Morgan fingerprint density at radius 2 is 1.97 bits per heavy atom. The van der Waals surface area contributed by atoms with E-state index in [1.807, 2.05) is 24.3 Å². The van der Waals surface area contributed by atoms with Crippen LogP contribution in [0.25, 0.3) is 21.9 Å². The van der Waals surface area contributed by atoms with Gasteiger partial charge in [-0.3, -0.25) is 4.79 Å². The van der Waals surface area contributed by atoms with E-state index in [4.69, 9.17) is 11.5 Å². The molecule has 1 saturated heterocycles. The SMILES string of the molecule is Nc1nc2cc([C@H]3NC[C@@]4(C[C@@H](n5ccc6c(N)ncnc65)[C@H](O)[C@@H]4O)C3=O)ccc2cc1Br. The van der Waals surface area contributed by atoms with E-state index in [9.17, 15) is 15.0 Å². The quantitative estimate of drug-likeness (QED) is 0.261. The van der Waals surface area contributed by atoms with E-state index in [2.05, 4.69) is 36.2 Å². The van der Waals surface area contributed by atoms with Gasteiger partial charge in [-0.2, -0.15) is 0 Å².